The molecule has 0 spiro atoms. The van der Waals surface area contributed by atoms with E-state index in [1.165, 1.54) is 18.3 Å². The van der Waals surface area contributed by atoms with Crippen molar-refractivity contribution < 1.29 is 22.7 Å². The molecule has 0 bridgehead atoms. The van der Waals surface area contributed by atoms with Gasteiger partial charge in [0.1, 0.15) is 5.75 Å². The highest BCUT2D eigenvalue weighted by Crippen LogP contribution is 2.33. The summed E-state index contributed by atoms with van der Waals surface area (Å²) in [6.07, 6.45) is -2.87. The molecule has 0 radical (unpaired) electrons. The number of benzene rings is 2. The maximum atomic E-state index is 12.8. The molecule has 0 aliphatic rings. The molecule has 0 unspecified atom stereocenters. The van der Waals surface area contributed by atoms with Gasteiger partial charge in [-0.05, 0) is 50.5 Å². The Hall–Kier alpha value is -3.00. The van der Waals surface area contributed by atoms with Crippen molar-refractivity contribution in [2.24, 2.45) is 0 Å². The van der Waals surface area contributed by atoms with Gasteiger partial charge in [-0.2, -0.15) is 13.2 Å². The van der Waals surface area contributed by atoms with Crippen LogP contribution in [-0.4, -0.2) is 42.2 Å². The Morgan fingerprint density at radius 3 is 2.36 bits per heavy atom. The predicted molar refractivity (Wildman–Crippen MR) is 101 cm³/mol. The lowest BCUT2D eigenvalue weighted by Gasteiger charge is -2.23. The molecule has 0 aliphatic carbocycles. The third-order valence-corrected chi connectivity index (χ3v) is 4.13. The second-order valence-electron chi connectivity index (χ2n) is 6.56. The van der Waals surface area contributed by atoms with Crippen LogP contribution >= 0.6 is 0 Å². The molecule has 0 atom stereocenters. The number of aromatic hydroxyl groups is 1. The molecular formula is C20H20F3N3O2. The molecule has 1 heterocycles. The minimum absolute atomic E-state index is 0.0997. The molecule has 0 aliphatic heterocycles. The summed E-state index contributed by atoms with van der Waals surface area (Å²) in [5.41, 5.74) is 0.481. The van der Waals surface area contributed by atoms with E-state index in [0.717, 1.165) is 12.1 Å². The van der Waals surface area contributed by atoms with Gasteiger partial charge in [-0.1, -0.05) is 12.1 Å². The van der Waals surface area contributed by atoms with Crippen molar-refractivity contribution in [3.8, 4) is 17.1 Å². The number of anilines is 2. The normalized spacial score (nSPS) is 11.8. The van der Waals surface area contributed by atoms with Crippen molar-refractivity contribution in [2.45, 2.75) is 6.18 Å². The number of hydrogen-bond donors (Lipinski definition) is 1. The average Bonchev–Trinajstić information content (AvgIpc) is 3.11. The molecular weight excluding hydrogens is 371 g/mol. The van der Waals surface area contributed by atoms with E-state index in [9.17, 15) is 18.3 Å². The number of nitrogens with zero attached hydrogens (tertiary/aromatic N) is 3. The zero-order chi connectivity index (χ0) is 20.3. The molecule has 0 amide bonds. The van der Waals surface area contributed by atoms with Crippen LogP contribution in [0.1, 0.15) is 5.56 Å². The van der Waals surface area contributed by atoms with Gasteiger partial charge in [-0.25, -0.2) is 4.98 Å². The van der Waals surface area contributed by atoms with Gasteiger partial charge in [-0.15, -0.1) is 0 Å². The molecule has 8 heteroatoms. The van der Waals surface area contributed by atoms with E-state index in [4.69, 9.17) is 4.42 Å². The number of aromatic nitrogens is 1. The van der Waals surface area contributed by atoms with Gasteiger partial charge < -0.3 is 14.4 Å². The number of phenols is 1. The highest BCUT2D eigenvalue weighted by molar-refractivity contribution is 5.62. The largest absolute Gasteiger partial charge is 0.508 e. The Kier molecular flexibility index (Phi) is 5.60. The van der Waals surface area contributed by atoms with Gasteiger partial charge in [0.2, 0.25) is 0 Å². The topological polar surface area (TPSA) is 52.7 Å². The van der Waals surface area contributed by atoms with Gasteiger partial charge in [0, 0.05) is 24.3 Å². The smallest absolute Gasteiger partial charge is 0.416 e. The maximum Gasteiger partial charge on any atom is 0.416 e. The first kappa shape index (κ1) is 19.8. The number of rotatable bonds is 6. The van der Waals surface area contributed by atoms with E-state index in [2.05, 4.69) is 4.98 Å². The Bertz CT molecular complexity index is 921. The molecule has 1 N–H and O–H groups in total. The van der Waals surface area contributed by atoms with Crippen LogP contribution in [0.5, 0.6) is 5.75 Å². The van der Waals surface area contributed by atoms with Crippen LogP contribution in [0, 0.1) is 0 Å². The van der Waals surface area contributed by atoms with Gasteiger partial charge in [0.25, 0.3) is 0 Å². The fourth-order valence-electron chi connectivity index (χ4n) is 2.65. The van der Waals surface area contributed by atoms with E-state index in [1.807, 2.05) is 19.0 Å². The fourth-order valence-corrected chi connectivity index (χ4v) is 2.65. The third-order valence-electron chi connectivity index (χ3n) is 4.13. The molecule has 1 aromatic heterocycles. The lowest BCUT2D eigenvalue weighted by atomic mass is 10.2. The molecule has 2 aromatic carbocycles. The standard InChI is InChI=1S/C20H20F3N3O2/c1-25(2)10-11-26(16-8-6-15(7-9-16)20(21,22)23)19-24-13-18(28-19)14-4-3-5-17(27)12-14/h3-9,12-13,27H,10-11H2,1-2H3. The molecule has 28 heavy (non-hydrogen) atoms. The van der Waals surface area contributed by atoms with Crippen LogP contribution < -0.4 is 4.90 Å². The van der Waals surface area contributed by atoms with Gasteiger partial charge in [0.15, 0.2) is 5.76 Å². The Labute approximate surface area is 160 Å². The number of likely N-dealkylation sites (N-methyl/N-ethyl adjacent to an activating group) is 1. The Balaban J connectivity index is 1.92. The van der Waals surface area contributed by atoms with E-state index in [0.29, 0.717) is 30.1 Å². The van der Waals surface area contributed by atoms with Crippen LogP contribution in [0.2, 0.25) is 0 Å². The number of halogens is 3. The molecule has 0 fully saturated rings. The summed E-state index contributed by atoms with van der Waals surface area (Å²) < 4.78 is 44.4. The van der Waals surface area contributed by atoms with Crippen molar-refractivity contribution in [3.05, 3.63) is 60.3 Å². The molecule has 0 saturated heterocycles. The van der Waals surface area contributed by atoms with Crippen molar-refractivity contribution in [1.29, 1.82) is 0 Å². The van der Waals surface area contributed by atoms with Gasteiger partial charge >= 0.3 is 12.2 Å². The van der Waals surface area contributed by atoms with Crippen molar-refractivity contribution in [1.82, 2.24) is 9.88 Å². The molecule has 0 saturated carbocycles. The van der Waals surface area contributed by atoms with Crippen LogP contribution in [0.25, 0.3) is 11.3 Å². The number of hydrogen-bond acceptors (Lipinski definition) is 5. The quantitative estimate of drug-likeness (QED) is 0.656. The highest BCUT2D eigenvalue weighted by Gasteiger charge is 2.30. The first-order valence-electron chi connectivity index (χ1n) is 8.59. The number of alkyl halides is 3. The monoisotopic (exact) mass is 391 g/mol. The highest BCUT2D eigenvalue weighted by atomic mass is 19.4. The lowest BCUT2D eigenvalue weighted by molar-refractivity contribution is -0.137. The first-order chi connectivity index (χ1) is 13.2. The van der Waals surface area contributed by atoms with Crippen LogP contribution in [0.4, 0.5) is 24.9 Å². The van der Waals surface area contributed by atoms with Crippen LogP contribution in [-0.2, 0) is 6.18 Å². The average molecular weight is 391 g/mol. The second kappa shape index (κ2) is 7.93. The van der Waals surface area contributed by atoms with E-state index >= 15 is 0 Å². The van der Waals surface area contributed by atoms with E-state index < -0.39 is 11.7 Å². The SMILES string of the molecule is CN(C)CCN(c1ccc(C(F)(F)F)cc1)c1ncc(-c2cccc(O)c2)o1. The first-order valence-corrected chi connectivity index (χ1v) is 8.59. The molecule has 148 valence electrons. The molecule has 3 aromatic rings. The number of phenolic OH excluding ortho intramolecular Hbond substituents is 1. The summed E-state index contributed by atoms with van der Waals surface area (Å²) in [7, 11) is 3.80. The number of oxazole rings is 1. The zero-order valence-corrected chi connectivity index (χ0v) is 15.4. The van der Waals surface area contributed by atoms with Gasteiger partial charge in [0.05, 0.1) is 11.8 Å². The molecule has 3 rings (SSSR count). The summed E-state index contributed by atoms with van der Waals surface area (Å²) >= 11 is 0. The van der Waals surface area contributed by atoms with Crippen LogP contribution in [0.3, 0.4) is 0 Å². The third kappa shape index (κ3) is 4.64. The van der Waals surface area contributed by atoms with E-state index in [-0.39, 0.29) is 11.8 Å². The van der Waals surface area contributed by atoms with Crippen molar-refractivity contribution in [2.75, 3.05) is 32.1 Å². The molecule has 5 nitrogen and oxygen atoms in total. The second-order valence-corrected chi connectivity index (χ2v) is 6.56. The zero-order valence-electron chi connectivity index (χ0n) is 15.4. The summed E-state index contributed by atoms with van der Waals surface area (Å²) in [5.74, 6) is 0.551. The minimum Gasteiger partial charge on any atom is -0.508 e. The maximum absolute atomic E-state index is 12.8. The minimum atomic E-state index is -4.39. The summed E-state index contributed by atoms with van der Waals surface area (Å²) in [6, 6.07) is 11.7. The summed E-state index contributed by atoms with van der Waals surface area (Å²) in [4.78, 5) is 7.95. The fraction of sp³-hybridized carbons (Fsp3) is 0.250. The summed E-state index contributed by atoms with van der Waals surface area (Å²) in [5, 5.41) is 9.64. The summed E-state index contributed by atoms with van der Waals surface area (Å²) in [6.45, 7) is 1.11. The van der Waals surface area contributed by atoms with Crippen molar-refractivity contribution in [3.63, 3.8) is 0 Å². The Morgan fingerprint density at radius 2 is 1.75 bits per heavy atom. The predicted octanol–water partition coefficient (Wildman–Crippen LogP) is 4.77. The van der Waals surface area contributed by atoms with Crippen LogP contribution in [0.15, 0.2) is 59.1 Å². The Morgan fingerprint density at radius 1 is 1.04 bits per heavy atom. The van der Waals surface area contributed by atoms with E-state index in [1.54, 1.807) is 29.2 Å². The lowest BCUT2D eigenvalue weighted by Crippen LogP contribution is -2.28. The van der Waals surface area contributed by atoms with Gasteiger partial charge in [-0.3, -0.25) is 4.90 Å². The van der Waals surface area contributed by atoms with Crippen molar-refractivity contribution >= 4 is 11.7 Å².